The Balaban J connectivity index is 1.55. The summed E-state index contributed by atoms with van der Waals surface area (Å²) in [5.74, 6) is 1.20. The number of carbonyl (C=O) groups excluding carboxylic acids is 1. The predicted octanol–water partition coefficient (Wildman–Crippen LogP) is 4.64. The van der Waals surface area contributed by atoms with Crippen LogP contribution in [0.25, 0.3) is 16.6 Å². The number of benzene rings is 3. The number of alkyl carbamates (subject to hydrolysis) is 1. The highest BCUT2D eigenvalue weighted by atomic mass is 16.5. The molecule has 0 saturated heterocycles. The van der Waals surface area contributed by atoms with Crippen LogP contribution < -0.4 is 15.6 Å². The van der Waals surface area contributed by atoms with Crippen LogP contribution in [0.3, 0.4) is 0 Å². The molecule has 174 valence electrons. The summed E-state index contributed by atoms with van der Waals surface area (Å²) in [6.45, 7) is 4.35. The van der Waals surface area contributed by atoms with Gasteiger partial charge in [-0.3, -0.25) is 9.36 Å². The van der Waals surface area contributed by atoms with Gasteiger partial charge in [0.05, 0.1) is 22.7 Å². The second-order valence-electron chi connectivity index (χ2n) is 8.09. The van der Waals surface area contributed by atoms with Crippen LogP contribution in [-0.4, -0.2) is 28.3 Å². The second kappa shape index (κ2) is 10.7. The monoisotopic (exact) mass is 457 g/mol. The third-order valence-electron chi connectivity index (χ3n) is 5.12. The lowest BCUT2D eigenvalue weighted by molar-refractivity contribution is 0.139. The van der Waals surface area contributed by atoms with Gasteiger partial charge in [0, 0.05) is 19.0 Å². The Kier molecular flexibility index (Phi) is 7.22. The largest absolute Gasteiger partial charge is 0.491 e. The second-order valence-corrected chi connectivity index (χ2v) is 8.09. The molecule has 0 aliphatic carbocycles. The molecule has 0 saturated carbocycles. The fraction of sp³-hybridized carbons (Fsp3) is 0.222. The molecule has 0 bridgehead atoms. The van der Waals surface area contributed by atoms with Crippen LogP contribution in [0.4, 0.5) is 4.79 Å². The number of nitrogens with one attached hydrogen (secondary N) is 1. The molecule has 0 atom stereocenters. The molecule has 7 heteroatoms. The van der Waals surface area contributed by atoms with Crippen molar-refractivity contribution in [1.82, 2.24) is 14.9 Å². The van der Waals surface area contributed by atoms with Gasteiger partial charge in [-0.05, 0) is 43.7 Å². The summed E-state index contributed by atoms with van der Waals surface area (Å²) in [5.41, 5.74) is 2.00. The summed E-state index contributed by atoms with van der Waals surface area (Å²) in [7, 11) is 0. The minimum absolute atomic E-state index is 0.00673. The van der Waals surface area contributed by atoms with Crippen molar-refractivity contribution in [3.05, 3.63) is 101 Å². The molecular weight excluding hydrogens is 430 g/mol. The van der Waals surface area contributed by atoms with Gasteiger partial charge in [0.15, 0.2) is 0 Å². The fourth-order valence-electron chi connectivity index (χ4n) is 3.63. The number of para-hydroxylation sites is 1. The van der Waals surface area contributed by atoms with Crippen LogP contribution in [0.15, 0.2) is 83.7 Å². The number of carbonyl (C=O) groups is 1. The molecule has 0 fully saturated rings. The lowest BCUT2D eigenvalue weighted by Crippen LogP contribution is -2.30. The number of fused-ring (bicyclic) bond motifs is 1. The van der Waals surface area contributed by atoms with Crippen LogP contribution in [0.1, 0.15) is 25.2 Å². The third-order valence-corrected chi connectivity index (χ3v) is 5.12. The van der Waals surface area contributed by atoms with E-state index in [0.717, 1.165) is 5.56 Å². The molecule has 0 aliphatic rings. The first kappa shape index (κ1) is 23.0. The van der Waals surface area contributed by atoms with Crippen molar-refractivity contribution in [1.29, 1.82) is 0 Å². The Bertz CT molecular complexity index is 1330. The van der Waals surface area contributed by atoms with E-state index in [1.807, 2.05) is 86.6 Å². The SMILES string of the molecule is CC(C)Oc1cccc(-n2c(CCNC(=O)OCc3ccccc3)nc3ccccc3c2=O)c1. The van der Waals surface area contributed by atoms with E-state index in [1.54, 1.807) is 10.6 Å². The number of amides is 1. The lowest BCUT2D eigenvalue weighted by atomic mass is 10.2. The van der Waals surface area contributed by atoms with Gasteiger partial charge < -0.3 is 14.8 Å². The van der Waals surface area contributed by atoms with E-state index in [1.165, 1.54) is 0 Å². The van der Waals surface area contributed by atoms with Crippen molar-refractivity contribution in [3.63, 3.8) is 0 Å². The van der Waals surface area contributed by atoms with E-state index in [0.29, 0.717) is 34.6 Å². The van der Waals surface area contributed by atoms with Crippen molar-refractivity contribution in [2.24, 2.45) is 0 Å². The molecule has 1 aromatic heterocycles. The molecule has 0 spiro atoms. The van der Waals surface area contributed by atoms with Crippen LogP contribution >= 0.6 is 0 Å². The van der Waals surface area contributed by atoms with E-state index < -0.39 is 6.09 Å². The zero-order valence-electron chi connectivity index (χ0n) is 19.2. The maximum absolute atomic E-state index is 13.4. The minimum atomic E-state index is -0.522. The minimum Gasteiger partial charge on any atom is -0.491 e. The molecule has 7 nitrogen and oxygen atoms in total. The van der Waals surface area contributed by atoms with Crippen LogP contribution in [0, 0.1) is 0 Å². The molecule has 34 heavy (non-hydrogen) atoms. The number of rotatable bonds is 8. The zero-order valence-corrected chi connectivity index (χ0v) is 19.2. The molecule has 0 unspecified atom stereocenters. The Morgan fingerprint density at radius 1 is 1.00 bits per heavy atom. The first-order chi connectivity index (χ1) is 16.5. The molecule has 4 aromatic rings. The van der Waals surface area contributed by atoms with Gasteiger partial charge in [0.1, 0.15) is 18.2 Å². The number of nitrogens with zero attached hydrogens (tertiary/aromatic N) is 2. The molecule has 4 rings (SSSR count). The summed E-state index contributed by atoms with van der Waals surface area (Å²) in [4.78, 5) is 30.3. The maximum Gasteiger partial charge on any atom is 0.407 e. The van der Waals surface area contributed by atoms with Gasteiger partial charge in [-0.15, -0.1) is 0 Å². The summed E-state index contributed by atoms with van der Waals surface area (Å²) < 4.78 is 12.7. The highest BCUT2D eigenvalue weighted by Crippen LogP contribution is 2.19. The van der Waals surface area contributed by atoms with Gasteiger partial charge in [-0.25, -0.2) is 9.78 Å². The molecular formula is C27H27N3O4. The third kappa shape index (κ3) is 5.61. The average Bonchev–Trinajstić information content (AvgIpc) is 2.83. The van der Waals surface area contributed by atoms with Crippen molar-refractivity contribution in [2.75, 3.05) is 6.54 Å². The zero-order chi connectivity index (χ0) is 23.9. The van der Waals surface area contributed by atoms with Gasteiger partial charge in [-0.2, -0.15) is 0 Å². The topological polar surface area (TPSA) is 82.4 Å². The quantitative estimate of drug-likeness (QED) is 0.417. The van der Waals surface area contributed by atoms with Gasteiger partial charge in [0.25, 0.3) is 5.56 Å². The van der Waals surface area contributed by atoms with E-state index in [-0.39, 0.29) is 24.8 Å². The molecule has 0 aliphatic heterocycles. The normalized spacial score (nSPS) is 10.9. The van der Waals surface area contributed by atoms with Gasteiger partial charge >= 0.3 is 6.09 Å². The van der Waals surface area contributed by atoms with E-state index in [9.17, 15) is 9.59 Å². The van der Waals surface area contributed by atoms with E-state index in [4.69, 9.17) is 14.5 Å². The average molecular weight is 458 g/mol. The first-order valence-corrected chi connectivity index (χ1v) is 11.2. The Hall–Kier alpha value is -4.13. The van der Waals surface area contributed by atoms with Crippen molar-refractivity contribution < 1.29 is 14.3 Å². The Morgan fingerprint density at radius 2 is 1.76 bits per heavy atom. The molecule has 1 N–H and O–H groups in total. The van der Waals surface area contributed by atoms with E-state index >= 15 is 0 Å². The molecule has 1 amide bonds. The highest BCUT2D eigenvalue weighted by Gasteiger charge is 2.14. The van der Waals surface area contributed by atoms with Crippen LogP contribution in [-0.2, 0) is 17.8 Å². The van der Waals surface area contributed by atoms with Gasteiger partial charge in [-0.1, -0.05) is 48.5 Å². The van der Waals surface area contributed by atoms with Crippen LogP contribution in [0.5, 0.6) is 5.75 Å². The van der Waals surface area contributed by atoms with Crippen LogP contribution in [0.2, 0.25) is 0 Å². The summed E-state index contributed by atoms with van der Waals surface area (Å²) >= 11 is 0. The highest BCUT2D eigenvalue weighted by molar-refractivity contribution is 5.77. The molecule has 0 radical (unpaired) electrons. The Morgan fingerprint density at radius 3 is 2.56 bits per heavy atom. The summed E-state index contributed by atoms with van der Waals surface area (Å²) in [5, 5.41) is 3.27. The maximum atomic E-state index is 13.4. The van der Waals surface area contributed by atoms with Crippen molar-refractivity contribution >= 4 is 17.0 Å². The number of hydrogen-bond donors (Lipinski definition) is 1. The number of ether oxygens (including phenoxy) is 2. The number of hydrogen-bond acceptors (Lipinski definition) is 5. The van der Waals surface area contributed by atoms with E-state index in [2.05, 4.69) is 5.32 Å². The van der Waals surface area contributed by atoms with Crippen molar-refractivity contribution in [2.45, 2.75) is 33.0 Å². The molecule has 3 aromatic carbocycles. The fourth-order valence-corrected chi connectivity index (χ4v) is 3.63. The standard InChI is InChI=1S/C27H27N3O4/c1-19(2)34-22-12-8-11-21(17-22)30-25(29-24-14-7-6-13-23(24)26(30)31)15-16-28-27(32)33-18-20-9-4-3-5-10-20/h3-14,17,19H,15-16,18H2,1-2H3,(H,28,32). The van der Waals surface area contributed by atoms with Gasteiger partial charge in [0.2, 0.25) is 0 Å². The molecule has 1 heterocycles. The number of aromatic nitrogens is 2. The summed E-state index contributed by atoms with van der Waals surface area (Å²) in [6.07, 6.45) is -0.173. The summed E-state index contributed by atoms with van der Waals surface area (Å²) in [6, 6.07) is 24.1. The lowest BCUT2D eigenvalue weighted by Gasteiger charge is -2.16. The Labute approximate surface area is 198 Å². The first-order valence-electron chi connectivity index (χ1n) is 11.2. The van der Waals surface area contributed by atoms with Crippen molar-refractivity contribution in [3.8, 4) is 11.4 Å². The predicted molar refractivity (Wildman–Crippen MR) is 131 cm³/mol. The smallest absolute Gasteiger partial charge is 0.407 e.